The van der Waals surface area contributed by atoms with Crippen molar-refractivity contribution in [3.05, 3.63) is 0 Å². The molecular formula is C42H73N13O16S2. The van der Waals surface area contributed by atoms with Crippen molar-refractivity contribution in [3.63, 3.8) is 0 Å². The number of unbranched alkanes of at least 4 members (excludes halogenated alkanes) is 1. The van der Waals surface area contributed by atoms with Crippen molar-refractivity contribution in [2.45, 2.75) is 153 Å². The molecule has 0 rings (SSSR count). The van der Waals surface area contributed by atoms with Crippen LogP contribution in [0.4, 0.5) is 0 Å². The third kappa shape index (κ3) is 26.3. The maximum Gasteiger partial charge on any atom is 0.303 e. The predicted octanol–water partition coefficient (Wildman–Crippen LogP) is -7.47. The molecule has 0 aromatic rings. The first kappa shape index (κ1) is 66.7. The first-order valence-electron chi connectivity index (χ1n) is 23.0. The quantitative estimate of drug-likeness (QED) is 0.0207. The van der Waals surface area contributed by atoms with Gasteiger partial charge in [-0.25, -0.2) is 0 Å². The van der Waals surface area contributed by atoms with E-state index in [0.717, 1.165) is 6.92 Å². The van der Waals surface area contributed by atoms with E-state index in [1.807, 2.05) is 0 Å². The highest BCUT2D eigenvalue weighted by molar-refractivity contribution is 7.80. The molecule has 0 bridgehead atoms. The molecule has 31 heteroatoms. The number of nitrogens with two attached hydrogens (primary N) is 3. The van der Waals surface area contributed by atoms with Crippen LogP contribution in [-0.4, -0.2) is 183 Å². The minimum Gasteiger partial charge on any atom is -0.481 e. The van der Waals surface area contributed by atoms with Crippen LogP contribution in [0.15, 0.2) is 0 Å². The van der Waals surface area contributed by atoms with Crippen LogP contribution in [-0.2, 0) is 62.3 Å². The zero-order chi connectivity index (χ0) is 56.3. The van der Waals surface area contributed by atoms with Crippen LogP contribution in [0.3, 0.4) is 0 Å². The normalized spacial score (nSPS) is 15.5. The number of hydrogen-bond acceptors (Lipinski definition) is 18. The van der Waals surface area contributed by atoms with Crippen molar-refractivity contribution in [1.29, 1.82) is 0 Å². The maximum absolute atomic E-state index is 13.7. The first-order chi connectivity index (χ1) is 34.0. The lowest BCUT2D eigenvalue weighted by molar-refractivity contribution is -0.138. The largest absolute Gasteiger partial charge is 0.481 e. The van der Waals surface area contributed by atoms with Crippen molar-refractivity contribution in [3.8, 4) is 0 Å². The third-order valence-electron chi connectivity index (χ3n) is 10.3. The molecule has 0 aliphatic rings. The van der Waals surface area contributed by atoms with Crippen molar-refractivity contribution in [1.82, 2.24) is 53.2 Å². The van der Waals surface area contributed by atoms with Gasteiger partial charge < -0.3 is 85.7 Å². The molecule has 0 aromatic heterocycles. The second-order valence-electron chi connectivity index (χ2n) is 17.3. The van der Waals surface area contributed by atoms with Gasteiger partial charge in [-0.1, -0.05) is 13.8 Å². The molecule has 0 spiro atoms. The fraction of sp³-hybridized carbons (Fsp3) is 0.690. The highest BCUT2D eigenvalue weighted by atomic mass is 32.1. The average molecular weight is 1080 g/mol. The molecule has 19 N–H and O–H groups in total. The van der Waals surface area contributed by atoms with Crippen LogP contribution >= 0.6 is 25.3 Å². The van der Waals surface area contributed by atoms with Crippen LogP contribution in [0.5, 0.6) is 0 Å². The smallest absolute Gasteiger partial charge is 0.303 e. The molecule has 0 fully saturated rings. The number of nitrogens with one attached hydrogen (secondary N) is 10. The summed E-state index contributed by atoms with van der Waals surface area (Å²) in [5, 5.41) is 53.0. The zero-order valence-electron chi connectivity index (χ0n) is 41.5. The number of primary amides is 2. The number of amides is 12. The minimum absolute atomic E-state index is 0.0745. The van der Waals surface area contributed by atoms with Gasteiger partial charge in [-0.2, -0.15) is 25.3 Å². The molecule has 29 nitrogen and oxygen atoms in total. The molecule has 0 saturated carbocycles. The van der Waals surface area contributed by atoms with E-state index in [-0.39, 0.29) is 43.2 Å². The van der Waals surface area contributed by atoms with E-state index in [4.69, 9.17) is 17.2 Å². The number of carbonyl (C=O) groups excluding carboxylic acids is 12. The number of carbonyl (C=O) groups is 13. The molecule has 12 amide bonds. The summed E-state index contributed by atoms with van der Waals surface area (Å²) in [4.78, 5) is 166. The summed E-state index contributed by atoms with van der Waals surface area (Å²) in [5.41, 5.74) is 16.2. The number of aliphatic hydroxyl groups excluding tert-OH is 2. The molecular weight excluding hydrogens is 1010 g/mol. The molecule has 0 unspecified atom stereocenters. The Kier molecular flexibility index (Phi) is 31.2. The lowest BCUT2D eigenvalue weighted by Crippen LogP contribution is -2.61. The maximum atomic E-state index is 13.7. The first-order valence-corrected chi connectivity index (χ1v) is 24.3. The fourth-order valence-corrected chi connectivity index (χ4v) is 6.91. The van der Waals surface area contributed by atoms with Crippen molar-refractivity contribution in [2.24, 2.45) is 23.1 Å². The van der Waals surface area contributed by atoms with E-state index in [1.165, 1.54) is 20.8 Å². The molecule has 73 heavy (non-hydrogen) atoms. The Hall–Kier alpha value is -6.31. The SMILES string of the molecule is CC(=O)N[C@@H](CS)C(=O)N[C@H](C(=O)N[C@@H](CC(C)C)C(=O)N[C@@H](CCC(=O)O)C(=O)NCC(=O)N[C@@H](CC(N)=O)C(=O)N[C@@H](CCCCN)C(=O)N[C@@H](C)C(=O)N[C@H](C(=O)N[C@@H](CS)C(N)=O)[C@@H](C)O)[C@@H](C)O. The van der Waals surface area contributed by atoms with Gasteiger partial charge in [0.15, 0.2) is 0 Å². The van der Waals surface area contributed by atoms with Gasteiger partial charge >= 0.3 is 5.97 Å². The molecule has 0 heterocycles. The Morgan fingerprint density at radius 3 is 1.44 bits per heavy atom. The van der Waals surface area contributed by atoms with E-state index in [2.05, 4.69) is 78.4 Å². The van der Waals surface area contributed by atoms with E-state index in [0.29, 0.717) is 6.42 Å². The Bertz CT molecular complexity index is 1960. The minimum atomic E-state index is -1.77. The highest BCUT2D eigenvalue weighted by Crippen LogP contribution is 2.10. The van der Waals surface area contributed by atoms with Crippen molar-refractivity contribution in [2.75, 3.05) is 24.6 Å². The lowest BCUT2D eigenvalue weighted by Gasteiger charge is -2.28. The topological polar surface area (TPSA) is 481 Å². The zero-order valence-corrected chi connectivity index (χ0v) is 43.3. The Morgan fingerprint density at radius 2 is 0.986 bits per heavy atom. The summed E-state index contributed by atoms with van der Waals surface area (Å²) in [6, 6.07) is -13.4. The third-order valence-corrected chi connectivity index (χ3v) is 11.0. The molecule has 0 saturated heterocycles. The van der Waals surface area contributed by atoms with E-state index in [1.54, 1.807) is 13.8 Å². The van der Waals surface area contributed by atoms with Crippen LogP contribution in [0, 0.1) is 5.92 Å². The summed E-state index contributed by atoms with van der Waals surface area (Å²) in [7, 11) is 0. The van der Waals surface area contributed by atoms with Gasteiger partial charge in [0.25, 0.3) is 0 Å². The second kappa shape index (κ2) is 34.2. The van der Waals surface area contributed by atoms with Gasteiger partial charge in [0.2, 0.25) is 70.9 Å². The number of thiol groups is 2. The molecule has 0 radical (unpaired) electrons. The summed E-state index contributed by atoms with van der Waals surface area (Å²) in [6.07, 6.45) is -4.64. The van der Waals surface area contributed by atoms with Crippen LogP contribution < -0.4 is 70.4 Å². The van der Waals surface area contributed by atoms with Gasteiger partial charge in [0, 0.05) is 24.9 Å². The van der Waals surface area contributed by atoms with Crippen molar-refractivity contribution < 1.29 is 77.6 Å². The Morgan fingerprint density at radius 1 is 0.521 bits per heavy atom. The average Bonchev–Trinajstić information content (AvgIpc) is 3.29. The monoisotopic (exact) mass is 1080 g/mol. The molecule has 0 aliphatic carbocycles. The van der Waals surface area contributed by atoms with Gasteiger partial charge in [-0.3, -0.25) is 62.3 Å². The number of rotatable bonds is 35. The van der Waals surface area contributed by atoms with Gasteiger partial charge in [-0.05, 0) is 65.3 Å². The fourth-order valence-electron chi connectivity index (χ4n) is 6.38. The van der Waals surface area contributed by atoms with Crippen LogP contribution in [0.2, 0.25) is 0 Å². The van der Waals surface area contributed by atoms with Crippen LogP contribution in [0.1, 0.15) is 86.5 Å². The molecule has 414 valence electrons. The second-order valence-corrected chi connectivity index (χ2v) is 18.0. The van der Waals surface area contributed by atoms with Gasteiger partial charge in [-0.15, -0.1) is 0 Å². The van der Waals surface area contributed by atoms with E-state index < -0.39 is 169 Å². The number of aliphatic carboxylic acids is 1. The molecule has 11 atom stereocenters. The Labute approximate surface area is 432 Å². The summed E-state index contributed by atoms with van der Waals surface area (Å²) >= 11 is 7.95. The molecule has 0 aromatic carbocycles. The lowest BCUT2D eigenvalue weighted by atomic mass is 10.0. The Balaban J connectivity index is 6.23. The van der Waals surface area contributed by atoms with Crippen LogP contribution in [0.25, 0.3) is 0 Å². The number of carboxylic acids is 1. The van der Waals surface area contributed by atoms with Gasteiger partial charge in [0.05, 0.1) is 25.2 Å². The number of hydrogen-bond donors (Lipinski definition) is 18. The van der Waals surface area contributed by atoms with Gasteiger partial charge in [0.1, 0.15) is 54.4 Å². The van der Waals surface area contributed by atoms with E-state index >= 15 is 0 Å². The predicted molar refractivity (Wildman–Crippen MR) is 265 cm³/mol. The number of carboxylic acid groups (broad SMARTS) is 1. The number of aliphatic hydroxyl groups is 2. The summed E-state index contributed by atoms with van der Waals surface area (Å²) in [5.74, 6) is -13.9. The molecule has 0 aliphatic heterocycles. The highest BCUT2D eigenvalue weighted by Gasteiger charge is 2.36. The standard InChI is InChI=1S/C42H73N13O16S2/c1-18(2)13-25(52-41(70)33(21(5)57)55-40(69)28(17-73)48-22(6)58)38(67)51-24(10-11-31(61)62)36(65)46-15-30(60)49-26(14-29(44)59)39(68)50-23(9-7-8-12-43)37(66)47-19(3)35(64)54-32(20(4)56)42(71)53-27(16-72)34(45)63/h18-21,23-28,32-33,56-57,72-73H,7-17,43H2,1-6H3,(H2,44,59)(H2,45,63)(H,46,65)(H,47,66)(H,48,58)(H,49,60)(H,50,68)(H,51,67)(H,52,70)(H,53,71)(H,54,64)(H,55,69)(H,61,62)/t19-,20+,21+,23-,24-,25-,26-,27-,28-,32-,33-/m0/s1. The van der Waals surface area contributed by atoms with E-state index in [9.17, 15) is 77.6 Å². The summed E-state index contributed by atoms with van der Waals surface area (Å²) in [6.45, 7) is 7.31. The summed E-state index contributed by atoms with van der Waals surface area (Å²) < 4.78 is 0. The van der Waals surface area contributed by atoms with Crippen molar-refractivity contribution >= 4 is 102 Å².